The van der Waals surface area contributed by atoms with Gasteiger partial charge in [-0.25, -0.2) is 8.78 Å². The highest BCUT2D eigenvalue weighted by molar-refractivity contribution is 7.15. The van der Waals surface area contributed by atoms with Gasteiger partial charge in [0.15, 0.2) is 5.01 Å². The van der Waals surface area contributed by atoms with Crippen LogP contribution in [-0.4, -0.2) is 28.2 Å². The number of amides is 1. The third-order valence-electron chi connectivity index (χ3n) is 4.97. The molecule has 0 atom stereocenters. The summed E-state index contributed by atoms with van der Waals surface area (Å²) in [6.07, 6.45) is 3.66. The minimum Gasteiger partial charge on any atom is -0.496 e. The Morgan fingerprint density at radius 3 is 2.81 bits per heavy atom. The third-order valence-corrected chi connectivity index (χ3v) is 5.72. The van der Waals surface area contributed by atoms with Gasteiger partial charge < -0.3 is 4.74 Å². The first kappa shape index (κ1) is 20.9. The first-order valence-corrected chi connectivity index (χ1v) is 10.4. The second kappa shape index (κ2) is 9.18. The van der Waals surface area contributed by atoms with Crippen molar-refractivity contribution in [1.29, 1.82) is 0 Å². The van der Waals surface area contributed by atoms with E-state index in [2.05, 4.69) is 32.3 Å². The Kier molecular flexibility index (Phi) is 6.18. The van der Waals surface area contributed by atoms with Crippen LogP contribution in [0.5, 0.6) is 5.75 Å². The summed E-state index contributed by atoms with van der Waals surface area (Å²) in [5.41, 5.74) is 0.790. The lowest BCUT2D eigenvalue weighted by Crippen LogP contribution is -2.13. The van der Waals surface area contributed by atoms with Crippen molar-refractivity contribution in [3.05, 3.63) is 52.8 Å². The third kappa shape index (κ3) is 4.70. The second-order valence-corrected chi connectivity index (χ2v) is 7.92. The monoisotopic (exact) mass is 440 g/mol. The van der Waals surface area contributed by atoms with Crippen LogP contribution in [0.25, 0.3) is 11.1 Å². The Bertz CT molecular complexity index is 1170. The van der Waals surface area contributed by atoms with Crippen molar-refractivity contribution in [1.82, 2.24) is 15.2 Å². The number of carbonyl (C=O) groups is 1. The summed E-state index contributed by atoms with van der Waals surface area (Å²) in [5, 5.41) is 11.5. The fourth-order valence-electron chi connectivity index (χ4n) is 3.08. The molecule has 0 saturated heterocycles. The Hall–Kier alpha value is -3.38. The van der Waals surface area contributed by atoms with E-state index in [0.717, 1.165) is 12.8 Å². The summed E-state index contributed by atoms with van der Waals surface area (Å²) in [6.45, 7) is 0. The molecular weight excluding hydrogens is 422 g/mol. The van der Waals surface area contributed by atoms with E-state index in [4.69, 9.17) is 4.74 Å². The van der Waals surface area contributed by atoms with Gasteiger partial charge >= 0.3 is 0 Å². The number of carbonyl (C=O) groups excluding carboxylic acids is 1. The van der Waals surface area contributed by atoms with Gasteiger partial charge in [-0.05, 0) is 43.0 Å². The molecular formula is C22H18F2N4O2S. The lowest BCUT2D eigenvalue weighted by molar-refractivity contribution is 0.102. The van der Waals surface area contributed by atoms with Gasteiger partial charge in [-0.2, -0.15) is 0 Å². The number of anilines is 1. The second-order valence-electron chi connectivity index (χ2n) is 6.95. The van der Waals surface area contributed by atoms with Gasteiger partial charge in [-0.1, -0.05) is 23.7 Å². The van der Waals surface area contributed by atoms with Crippen LogP contribution in [0.2, 0.25) is 0 Å². The van der Waals surface area contributed by atoms with Crippen LogP contribution in [0.15, 0.2) is 36.7 Å². The summed E-state index contributed by atoms with van der Waals surface area (Å²) in [4.78, 5) is 17.0. The number of nitrogens with one attached hydrogen (secondary N) is 1. The maximum atomic E-state index is 13.2. The minimum atomic E-state index is -2.65. The highest BCUT2D eigenvalue weighted by Crippen LogP contribution is 2.35. The Balaban J connectivity index is 1.60. The van der Waals surface area contributed by atoms with Crippen molar-refractivity contribution in [2.24, 2.45) is 5.92 Å². The minimum absolute atomic E-state index is 0.176. The largest absolute Gasteiger partial charge is 0.496 e. The van der Waals surface area contributed by atoms with Crippen LogP contribution in [0.3, 0.4) is 0 Å². The molecule has 1 fully saturated rings. The van der Waals surface area contributed by atoms with Gasteiger partial charge in [0.25, 0.3) is 12.3 Å². The van der Waals surface area contributed by atoms with Crippen molar-refractivity contribution in [2.45, 2.75) is 25.7 Å². The summed E-state index contributed by atoms with van der Waals surface area (Å²) in [7, 11) is 1.43. The number of nitrogens with zero attached hydrogens (tertiary/aromatic N) is 3. The molecule has 0 unspecified atom stereocenters. The first-order chi connectivity index (χ1) is 15.0. The molecule has 0 spiro atoms. The molecule has 0 bridgehead atoms. The normalized spacial score (nSPS) is 13.3. The van der Waals surface area contributed by atoms with Crippen LogP contribution in [-0.2, 0) is 0 Å². The van der Waals surface area contributed by atoms with Gasteiger partial charge in [0, 0.05) is 35.0 Å². The first-order valence-electron chi connectivity index (χ1n) is 9.62. The molecule has 4 rings (SSSR count). The van der Waals surface area contributed by atoms with Crippen LogP contribution in [0, 0.1) is 17.8 Å². The van der Waals surface area contributed by atoms with Crippen molar-refractivity contribution >= 4 is 22.4 Å². The summed E-state index contributed by atoms with van der Waals surface area (Å²) < 4.78 is 31.8. The zero-order valence-electron chi connectivity index (χ0n) is 16.6. The Morgan fingerprint density at radius 2 is 2.10 bits per heavy atom. The number of hydrogen-bond acceptors (Lipinski definition) is 6. The van der Waals surface area contributed by atoms with Crippen molar-refractivity contribution < 1.29 is 18.3 Å². The molecule has 0 radical (unpaired) electrons. The van der Waals surface area contributed by atoms with Crippen LogP contribution in [0.4, 0.5) is 13.9 Å². The van der Waals surface area contributed by atoms with E-state index < -0.39 is 12.3 Å². The standard InChI is InChI=1S/C22H18F2N4O2S/c1-30-18-7-6-14(20(23)24)11-16(18)17-12-25-10-9-15(17)21(29)26-22-28-27-19(31-22)8-5-13-3-2-4-13/h6-7,9-13,20H,2-4H2,1H3,(H,26,28,29). The Morgan fingerprint density at radius 1 is 1.26 bits per heavy atom. The highest BCUT2D eigenvalue weighted by atomic mass is 32.1. The van der Waals surface area contributed by atoms with Gasteiger partial charge in [0.1, 0.15) is 5.75 Å². The molecule has 158 valence electrons. The molecule has 6 nitrogen and oxygen atoms in total. The number of hydrogen-bond donors (Lipinski definition) is 1. The molecule has 3 aromatic rings. The molecule has 31 heavy (non-hydrogen) atoms. The quantitative estimate of drug-likeness (QED) is 0.568. The van der Waals surface area contributed by atoms with E-state index in [1.807, 2.05) is 0 Å². The zero-order valence-corrected chi connectivity index (χ0v) is 17.4. The fraction of sp³-hybridized carbons (Fsp3) is 0.273. The van der Waals surface area contributed by atoms with Gasteiger partial charge in [0.05, 0.1) is 12.7 Å². The number of ether oxygens (including phenoxy) is 1. The number of benzene rings is 1. The van der Waals surface area contributed by atoms with Crippen LogP contribution in [0.1, 0.15) is 46.6 Å². The van der Waals surface area contributed by atoms with E-state index in [1.54, 1.807) is 0 Å². The summed E-state index contributed by atoms with van der Waals surface area (Å²) in [5.74, 6) is 6.46. The van der Waals surface area contributed by atoms with E-state index >= 15 is 0 Å². The fourth-order valence-corrected chi connectivity index (χ4v) is 3.68. The molecule has 1 N–H and O–H groups in total. The number of aromatic nitrogens is 3. The number of rotatable bonds is 5. The van der Waals surface area contributed by atoms with Gasteiger partial charge in [-0.15, -0.1) is 10.2 Å². The Labute approximate surface area is 181 Å². The van der Waals surface area contributed by atoms with E-state index in [1.165, 1.54) is 61.5 Å². The average Bonchev–Trinajstić information content (AvgIpc) is 3.19. The molecule has 1 aromatic carbocycles. The number of pyridine rings is 1. The van der Waals surface area contributed by atoms with Crippen molar-refractivity contribution in [2.75, 3.05) is 12.4 Å². The SMILES string of the molecule is COc1ccc(C(F)F)cc1-c1cnccc1C(=O)Nc1nnc(C#CC2CCC2)s1. The van der Waals surface area contributed by atoms with Gasteiger partial charge in [-0.3, -0.25) is 15.1 Å². The van der Waals surface area contributed by atoms with E-state index in [9.17, 15) is 13.6 Å². The molecule has 2 aromatic heterocycles. The topological polar surface area (TPSA) is 77.0 Å². The predicted octanol–water partition coefficient (Wildman–Crippen LogP) is 4.95. The predicted molar refractivity (Wildman–Crippen MR) is 113 cm³/mol. The smallest absolute Gasteiger partial charge is 0.263 e. The molecule has 1 aliphatic rings. The lowest BCUT2D eigenvalue weighted by atomic mass is 9.86. The van der Waals surface area contributed by atoms with Crippen LogP contribution >= 0.6 is 11.3 Å². The molecule has 1 aliphatic carbocycles. The highest BCUT2D eigenvalue weighted by Gasteiger charge is 2.20. The molecule has 9 heteroatoms. The van der Waals surface area contributed by atoms with E-state index in [0.29, 0.717) is 32.9 Å². The molecule has 2 heterocycles. The maximum Gasteiger partial charge on any atom is 0.263 e. The number of halogens is 2. The summed E-state index contributed by atoms with van der Waals surface area (Å²) >= 11 is 1.18. The van der Waals surface area contributed by atoms with Crippen molar-refractivity contribution in [3.8, 4) is 28.7 Å². The zero-order chi connectivity index (χ0) is 21.8. The molecule has 0 aliphatic heterocycles. The molecule has 1 amide bonds. The van der Waals surface area contributed by atoms with Crippen molar-refractivity contribution in [3.63, 3.8) is 0 Å². The van der Waals surface area contributed by atoms with E-state index in [-0.39, 0.29) is 11.1 Å². The summed E-state index contributed by atoms with van der Waals surface area (Å²) in [6, 6.07) is 5.55. The number of alkyl halides is 2. The molecule has 1 saturated carbocycles. The average molecular weight is 440 g/mol. The van der Waals surface area contributed by atoms with Gasteiger partial charge in [0.2, 0.25) is 5.13 Å². The number of methoxy groups -OCH3 is 1. The van der Waals surface area contributed by atoms with Crippen LogP contribution < -0.4 is 10.1 Å². The lowest BCUT2D eigenvalue weighted by Gasteiger charge is -2.18. The maximum absolute atomic E-state index is 13.2.